The maximum Gasteiger partial charge on any atom is 0.254 e. The first-order valence-corrected chi connectivity index (χ1v) is 11.2. The predicted octanol–water partition coefficient (Wildman–Crippen LogP) is 5.30. The lowest BCUT2D eigenvalue weighted by molar-refractivity contribution is -0.132. The molecular formula is C26H29ClN2O3. The third kappa shape index (κ3) is 6.99. The number of carbonyl (C=O) groups excluding carboxylic acids is 2. The lowest BCUT2D eigenvalue weighted by Gasteiger charge is -2.28. The first-order chi connectivity index (χ1) is 15.4. The van der Waals surface area contributed by atoms with E-state index in [1.807, 2.05) is 56.3 Å². The summed E-state index contributed by atoms with van der Waals surface area (Å²) >= 11 is 6.08. The number of amides is 2. The van der Waals surface area contributed by atoms with E-state index in [-0.39, 0.29) is 24.3 Å². The first-order valence-electron chi connectivity index (χ1n) is 10.8. The van der Waals surface area contributed by atoms with Crippen LogP contribution in [0.5, 0.6) is 0 Å². The molecule has 2 amide bonds. The molecule has 168 valence electrons. The Morgan fingerprint density at radius 1 is 0.969 bits per heavy atom. The molecule has 0 aliphatic heterocycles. The van der Waals surface area contributed by atoms with Gasteiger partial charge in [-0.3, -0.25) is 9.59 Å². The van der Waals surface area contributed by atoms with Crippen LogP contribution < -0.4 is 0 Å². The fourth-order valence-corrected chi connectivity index (χ4v) is 3.71. The Hall–Kier alpha value is -3.05. The van der Waals surface area contributed by atoms with E-state index in [1.54, 1.807) is 40.3 Å². The summed E-state index contributed by atoms with van der Waals surface area (Å²) in [5.74, 6) is 0.612. The van der Waals surface area contributed by atoms with Gasteiger partial charge in [0.25, 0.3) is 5.91 Å². The molecule has 0 radical (unpaired) electrons. The van der Waals surface area contributed by atoms with Crippen LogP contribution >= 0.6 is 11.6 Å². The zero-order chi connectivity index (χ0) is 22.9. The highest BCUT2D eigenvalue weighted by molar-refractivity contribution is 6.31. The van der Waals surface area contributed by atoms with Crippen molar-refractivity contribution in [2.45, 2.75) is 26.8 Å². The molecule has 0 spiro atoms. The Morgan fingerprint density at radius 3 is 2.41 bits per heavy atom. The molecule has 0 fully saturated rings. The van der Waals surface area contributed by atoms with Crippen LogP contribution in [-0.2, 0) is 17.8 Å². The molecule has 1 aromatic heterocycles. The Balaban J connectivity index is 1.76. The molecule has 0 atom stereocenters. The summed E-state index contributed by atoms with van der Waals surface area (Å²) in [6.45, 7) is 5.42. The van der Waals surface area contributed by atoms with E-state index < -0.39 is 0 Å². The van der Waals surface area contributed by atoms with Crippen molar-refractivity contribution in [2.24, 2.45) is 5.92 Å². The Labute approximate surface area is 194 Å². The highest BCUT2D eigenvalue weighted by Crippen LogP contribution is 2.15. The van der Waals surface area contributed by atoms with Crippen molar-refractivity contribution >= 4 is 23.4 Å². The summed E-state index contributed by atoms with van der Waals surface area (Å²) in [5.41, 5.74) is 1.63. The number of benzene rings is 2. The lowest BCUT2D eigenvalue weighted by Crippen LogP contribution is -2.44. The van der Waals surface area contributed by atoms with Gasteiger partial charge in [0.2, 0.25) is 5.91 Å². The van der Waals surface area contributed by atoms with Crippen LogP contribution in [0.3, 0.4) is 0 Å². The van der Waals surface area contributed by atoms with Gasteiger partial charge in [-0.2, -0.15) is 0 Å². The molecule has 0 N–H and O–H groups in total. The van der Waals surface area contributed by atoms with E-state index in [0.717, 1.165) is 12.0 Å². The number of rotatable bonds is 10. The van der Waals surface area contributed by atoms with Gasteiger partial charge < -0.3 is 14.2 Å². The normalized spacial score (nSPS) is 10.9. The molecule has 1 heterocycles. The highest BCUT2D eigenvalue weighted by atomic mass is 35.5. The molecule has 3 rings (SSSR count). The fourth-order valence-electron chi connectivity index (χ4n) is 3.52. The van der Waals surface area contributed by atoms with Gasteiger partial charge in [0, 0.05) is 23.7 Å². The lowest BCUT2D eigenvalue weighted by atomic mass is 10.1. The van der Waals surface area contributed by atoms with Crippen molar-refractivity contribution in [3.05, 3.63) is 94.9 Å². The fraction of sp³-hybridized carbons (Fsp3) is 0.308. The van der Waals surface area contributed by atoms with E-state index in [1.165, 1.54) is 0 Å². The third-order valence-electron chi connectivity index (χ3n) is 5.06. The quantitative estimate of drug-likeness (QED) is 0.419. The minimum absolute atomic E-state index is 0.000967. The largest absolute Gasteiger partial charge is 0.467 e. The first kappa shape index (κ1) is 23.6. The third-order valence-corrected chi connectivity index (χ3v) is 5.30. The standard InChI is InChI=1S/C26H29ClN2O3/c1-20(2)17-29(26(31)22-10-6-11-23(27)16-22)19-25(30)28(18-24-12-7-15-32-24)14-13-21-8-4-3-5-9-21/h3-12,15-16,20H,13-14,17-19H2,1-2H3. The average Bonchev–Trinajstić information content (AvgIpc) is 3.29. The topological polar surface area (TPSA) is 53.8 Å². The van der Waals surface area contributed by atoms with E-state index in [0.29, 0.717) is 36.0 Å². The van der Waals surface area contributed by atoms with Gasteiger partial charge in [0.1, 0.15) is 12.3 Å². The van der Waals surface area contributed by atoms with Crippen molar-refractivity contribution in [1.82, 2.24) is 9.80 Å². The maximum absolute atomic E-state index is 13.3. The van der Waals surface area contributed by atoms with Gasteiger partial charge in [0.05, 0.1) is 12.8 Å². The highest BCUT2D eigenvalue weighted by Gasteiger charge is 2.24. The van der Waals surface area contributed by atoms with Crippen LogP contribution in [0.4, 0.5) is 0 Å². The average molecular weight is 453 g/mol. The maximum atomic E-state index is 13.3. The summed E-state index contributed by atoms with van der Waals surface area (Å²) in [6.07, 6.45) is 2.32. The number of carbonyl (C=O) groups is 2. The SMILES string of the molecule is CC(C)CN(CC(=O)N(CCc1ccccc1)Cc1ccco1)C(=O)c1cccc(Cl)c1. The Kier molecular flexibility index (Phi) is 8.51. The Morgan fingerprint density at radius 2 is 1.75 bits per heavy atom. The summed E-state index contributed by atoms with van der Waals surface area (Å²) in [4.78, 5) is 29.9. The molecule has 0 aliphatic rings. The van der Waals surface area contributed by atoms with E-state index >= 15 is 0 Å². The number of furan rings is 1. The smallest absolute Gasteiger partial charge is 0.254 e. The molecule has 0 aliphatic carbocycles. The summed E-state index contributed by atoms with van der Waals surface area (Å²) in [7, 11) is 0. The molecule has 0 unspecified atom stereocenters. The number of nitrogens with zero attached hydrogens (tertiary/aromatic N) is 2. The van der Waals surface area contributed by atoms with Crippen LogP contribution in [0.25, 0.3) is 0 Å². The van der Waals surface area contributed by atoms with Gasteiger partial charge in [-0.15, -0.1) is 0 Å². The molecule has 3 aromatic rings. The molecule has 0 saturated heterocycles. The zero-order valence-electron chi connectivity index (χ0n) is 18.5. The van der Waals surface area contributed by atoms with Crippen LogP contribution in [0.15, 0.2) is 77.4 Å². The molecular weight excluding hydrogens is 424 g/mol. The van der Waals surface area contributed by atoms with Crippen LogP contribution in [0.2, 0.25) is 5.02 Å². The predicted molar refractivity (Wildman–Crippen MR) is 126 cm³/mol. The molecule has 0 saturated carbocycles. The summed E-state index contributed by atoms with van der Waals surface area (Å²) < 4.78 is 5.48. The van der Waals surface area contributed by atoms with Crippen molar-refractivity contribution in [3.8, 4) is 0 Å². The van der Waals surface area contributed by atoms with Gasteiger partial charge in [0.15, 0.2) is 0 Å². The molecule has 0 bridgehead atoms. The minimum Gasteiger partial charge on any atom is -0.467 e. The van der Waals surface area contributed by atoms with Crippen molar-refractivity contribution < 1.29 is 14.0 Å². The van der Waals surface area contributed by atoms with E-state index in [2.05, 4.69) is 0 Å². The monoisotopic (exact) mass is 452 g/mol. The molecule has 32 heavy (non-hydrogen) atoms. The van der Waals surface area contributed by atoms with Crippen molar-refractivity contribution in [2.75, 3.05) is 19.6 Å². The van der Waals surface area contributed by atoms with Crippen LogP contribution in [0, 0.1) is 5.92 Å². The Bertz CT molecular complexity index is 1000. The van der Waals surface area contributed by atoms with Gasteiger partial charge in [-0.05, 0) is 48.2 Å². The molecule has 6 heteroatoms. The molecule has 2 aromatic carbocycles. The summed E-state index contributed by atoms with van der Waals surface area (Å²) in [5, 5.41) is 0.494. The minimum atomic E-state index is -0.199. The van der Waals surface area contributed by atoms with Crippen LogP contribution in [-0.4, -0.2) is 41.2 Å². The van der Waals surface area contributed by atoms with Gasteiger partial charge >= 0.3 is 0 Å². The zero-order valence-corrected chi connectivity index (χ0v) is 19.3. The number of halogens is 1. The second-order valence-corrected chi connectivity index (χ2v) is 8.66. The van der Waals surface area contributed by atoms with Crippen molar-refractivity contribution in [3.63, 3.8) is 0 Å². The summed E-state index contributed by atoms with van der Waals surface area (Å²) in [6, 6.07) is 20.5. The van der Waals surface area contributed by atoms with Crippen LogP contribution in [0.1, 0.15) is 35.5 Å². The number of hydrogen-bond donors (Lipinski definition) is 0. The van der Waals surface area contributed by atoms with E-state index in [4.69, 9.17) is 16.0 Å². The molecule has 5 nitrogen and oxygen atoms in total. The van der Waals surface area contributed by atoms with Gasteiger partial charge in [-0.1, -0.05) is 61.8 Å². The second kappa shape index (κ2) is 11.5. The van der Waals surface area contributed by atoms with Gasteiger partial charge in [-0.25, -0.2) is 0 Å². The number of hydrogen-bond acceptors (Lipinski definition) is 3. The van der Waals surface area contributed by atoms with E-state index in [9.17, 15) is 9.59 Å². The second-order valence-electron chi connectivity index (χ2n) is 8.22. The van der Waals surface area contributed by atoms with Crippen molar-refractivity contribution in [1.29, 1.82) is 0 Å².